The van der Waals surface area contributed by atoms with Gasteiger partial charge in [0.1, 0.15) is 36.8 Å². The molecule has 1 aromatic rings. The lowest BCUT2D eigenvalue weighted by atomic mass is 9.81. The van der Waals surface area contributed by atoms with Crippen molar-refractivity contribution in [2.45, 2.75) is 70.1 Å². The summed E-state index contributed by atoms with van der Waals surface area (Å²) in [5.41, 5.74) is 1.94. The van der Waals surface area contributed by atoms with Crippen LogP contribution in [0.5, 0.6) is 5.75 Å². The number of hydrogen-bond donors (Lipinski definition) is 3. The first-order chi connectivity index (χ1) is 18.1. The van der Waals surface area contributed by atoms with Crippen LogP contribution in [0.2, 0.25) is 0 Å². The Morgan fingerprint density at radius 1 is 1.03 bits per heavy atom. The molecule has 11 heteroatoms. The van der Waals surface area contributed by atoms with Gasteiger partial charge in [-0.25, -0.2) is 0 Å². The van der Waals surface area contributed by atoms with Crippen LogP contribution < -0.4 is 4.74 Å². The minimum atomic E-state index is -1.53. The molecule has 0 spiro atoms. The predicted molar refractivity (Wildman–Crippen MR) is 135 cm³/mol. The Balaban J connectivity index is 1.59. The summed E-state index contributed by atoms with van der Waals surface area (Å²) in [4.78, 5) is 34.2. The third-order valence-corrected chi connectivity index (χ3v) is 6.73. The third kappa shape index (κ3) is 8.12. The van der Waals surface area contributed by atoms with Crippen LogP contribution >= 0.6 is 11.6 Å². The predicted octanol–water partition coefficient (Wildman–Crippen LogP) is 1.96. The van der Waals surface area contributed by atoms with Crippen LogP contribution in [-0.2, 0) is 35.0 Å². The van der Waals surface area contributed by atoms with Gasteiger partial charge in [0.2, 0.25) is 0 Å². The molecule has 1 aromatic carbocycles. The Labute approximate surface area is 225 Å². The van der Waals surface area contributed by atoms with Gasteiger partial charge in [0, 0.05) is 17.9 Å². The van der Waals surface area contributed by atoms with E-state index in [0.29, 0.717) is 24.5 Å². The zero-order valence-electron chi connectivity index (χ0n) is 21.2. The van der Waals surface area contributed by atoms with Gasteiger partial charge in [0.05, 0.1) is 25.6 Å². The lowest BCUT2D eigenvalue weighted by Crippen LogP contribution is -2.60. The number of aliphatic hydroxyl groups excluding tert-OH is 3. The molecule has 0 saturated carbocycles. The average molecular weight is 553 g/mol. The van der Waals surface area contributed by atoms with Gasteiger partial charge in [-0.1, -0.05) is 29.8 Å². The molecule has 0 radical (unpaired) electrons. The first kappa shape index (κ1) is 29.8. The highest BCUT2D eigenvalue weighted by molar-refractivity contribution is 6.31. The maximum Gasteiger partial charge on any atom is 0.314 e. The molecule has 1 aliphatic carbocycles. The van der Waals surface area contributed by atoms with Crippen LogP contribution in [0.3, 0.4) is 0 Å². The molecule has 1 aliphatic heterocycles. The van der Waals surface area contributed by atoms with E-state index in [-0.39, 0.29) is 18.8 Å². The second-order valence-corrected chi connectivity index (χ2v) is 9.60. The minimum absolute atomic E-state index is 0.340. The lowest BCUT2D eigenvalue weighted by Gasteiger charge is -2.43. The van der Waals surface area contributed by atoms with Crippen molar-refractivity contribution in [1.82, 2.24) is 0 Å². The Morgan fingerprint density at radius 2 is 1.71 bits per heavy atom. The zero-order chi connectivity index (χ0) is 27.8. The SMILES string of the molecule is CCOc1ccc(CC2=C(Cl)C=CC([C@@H]3O[C@H](COC(=O)CCC(=O)OC(C)=O)[C@@H](O)[C@H](O)[C@H]3O)C2)cc1. The number of carbonyl (C=O) groups excluding carboxylic acids is 3. The van der Waals surface area contributed by atoms with Gasteiger partial charge < -0.3 is 34.3 Å². The second-order valence-electron chi connectivity index (χ2n) is 9.19. The number of aliphatic hydroxyl groups is 3. The van der Waals surface area contributed by atoms with Crippen LogP contribution in [0, 0.1) is 5.92 Å². The third-order valence-electron chi connectivity index (χ3n) is 6.33. The minimum Gasteiger partial charge on any atom is -0.494 e. The fourth-order valence-electron chi connectivity index (χ4n) is 4.41. The largest absolute Gasteiger partial charge is 0.494 e. The standard InChI is InChI=1S/C27H33ClO10/c1-3-35-19-7-4-16(5-8-19)12-18-13-17(6-9-20(18)28)27-26(34)25(33)24(32)21(38-27)14-36-22(30)10-11-23(31)37-15(2)29/h4-9,17,21,24-27,32-34H,3,10-14H2,1-2H3/t17?,21-,24-,25+,26-,27+/m1/s1. The summed E-state index contributed by atoms with van der Waals surface area (Å²) in [6, 6.07) is 7.66. The number of halogens is 1. The fourth-order valence-corrected chi connectivity index (χ4v) is 4.63. The molecule has 1 heterocycles. The van der Waals surface area contributed by atoms with E-state index in [4.69, 9.17) is 25.8 Å². The van der Waals surface area contributed by atoms with E-state index in [9.17, 15) is 29.7 Å². The molecule has 208 valence electrons. The highest BCUT2D eigenvalue weighted by Gasteiger charge is 2.46. The van der Waals surface area contributed by atoms with Crippen molar-refractivity contribution in [2.75, 3.05) is 13.2 Å². The van der Waals surface area contributed by atoms with Crippen molar-refractivity contribution in [1.29, 1.82) is 0 Å². The molecule has 0 aromatic heterocycles. The van der Waals surface area contributed by atoms with Gasteiger partial charge in [-0.15, -0.1) is 0 Å². The summed E-state index contributed by atoms with van der Waals surface area (Å²) in [6.07, 6.45) is -2.63. The number of allylic oxidation sites excluding steroid dienone is 3. The quantitative estimate of drug-likeness (QED) is 0.290. The van der Waals surface area contributed by atoms with Crippen LogP contribution in [0.15, 0.2) is 47.0 Å². The topological polar surface area (TPSA) is 149 Å². The highest BCUT2D eigenvalue weighted by atomic mass is 35.5. The monoisotopic (exact) mass is 552 g/mol. The van der Waals surface area contributed by atoms with E-state index >= 15 is 0 Å². The second kappa shape index (κ2) is 13.9. The van der Waals surface area contributed by atoms with Gasteiger partial charge in [-0.05, 0) is 49.1 Å². The Morgan fingerprint density at radius 3 is 2.37 bits per heavy atom. The normalized spacial score (nSPS) is 27.1. The van der Waals surface area contributed by atoms with Gasteiger partial charge >= 0.3 is 17.9 Å². The first-order valence-corrected chi connectivity index (χ1v) is 12.8. The lowest BCUT2D eigenvalue weighted by molar-refractivity contribution is -0.239. The summed E-state index contributed by atoms with van der Waals surface area (Å²) >= 11 is 6.47. The van der Waals surface area contributed by atoms with Crippen LogP contribution in [-0.4, -0.2) is 77.0 Å². The fraction of sp³-hybridized carbons (Fsp3) is 0.519. The molecule has 3 rings (SSSR count). The van der Waals surface area contributed by atoms with Gasteiger partial charge in [-0.2, -0.15) is 0 Å². The summed E-state index contributed by atoms with van der Waals surface area (Å²) in [6.45, 7) is 3.15. The van der Waals surface area contributed by atoms with Crippen LogP contribution in [0.4, 0.5) is 0 Å². The highest BCUT2D eigenvalue weighted by Crippen LogP contribution is 2.36. The Bertz CT molecular complexity index is 1050. The summed E-state index contributed by atoms with van der Waals surface area (Å²) in [7, 11) is 0. The summed E-state index contributed by atoms with van der Waals surface area (Å²) < 4.78 is 20.9. The Kier molecular flexibility index (Phi) is 10.9. The van der Waals surface area contributed by atoms with Gasteiger partial charge in [-0.3, -0.25) is 14.4 Å². The smallest absolute Gasteiger partial charge is 0.314 e. The number of rotatable bonds is 10. The summed E-state index contributed by atoms with van der Waals surface area (Å²) in [5.74, 6) is -2.02. The van der Waals surface area contributed by atoms with Crippen molar-refractivity contribution in [2.24, 2.45) is 5.92 Å². The van der Waals surface area contributed by atoms with Crippen molar-refractivity contribution in [3.8, 4) is 5.75 Å². The van der Waals surface area contributed by atoms with Gasteiger partial charge in [0.25, 0.3) is 0 Å². The molecular formula is C27H33ClO10. The molecule has 2 aliphatic rings. The van der Waals surface area contributed by atoms with Crippen LogP contribution in [0.1, 0.15) is 38.7 Å². The number of ether oxygens (including phenoxy) is 4. The molecule has 0 bridgehead atoms. The number of esters is 3. The summed E-state index contributed by atoms with van der Waals surface area (Å²) in [5, 5.41) is 32.1. The first-order valence-electron chi connectivity index (χ1n) is 12.4. The van der Waals surface area contributed by atoms with E-state index in [2.05, 4.69) is 4.74 Å². The molecule has 38 heavy (non-hydrogen) atoms. The number of carbonyl (C=O) groups is 3. The van der Waals surface area contributed by atoms with Crippen molar-refractivity contribution in [3.05, 3.63) is 52.6 Å². The van der Waals surface area contributed by atoms with Crippen molar-refractivity contribution >= 4 is 29.5 Å². The zero-order valence-corrected chi connectivity index (χ0v) is 22.0. The maximum atomic E-state index is 12.0. The van der Waals surface area contributed by atoms with E-state index in [0.717, 1.165) is 23.8 Å². The molecule has 3 N–H and O–H groups in total. The number of hydrogen-bond acceptors (Lipinski definition) is 10. The van der Waals surface area contributed by atoms with E-state index in [1.165, 1.54) is 0 Å². The molecule has 0 amide bonds. The molecular weight excluding hydrogens is 520 g/mol. The van der Waals surface area contributed by atoms with Crippen LogP contribution in [0.25, 0.3) is 0 Å². The average Bonchev–Trinajstić information content (AvgIpc) is 2.88. The van der Waals surface area contributed by atoms with Crippen molar-refractivity contribution in [3.63, 3.8) is 0 Å². The van der Waals surface area contributed by atoms with Gasteiger partial charge in [0.15, 0.2) is 0 Å². The molecule has 6 atom stereocenters. The maximum absolute atomic E-state index is 12.0. The van der Waals surface area contributed by atoms with E-state index < -0.39 is 55.0 Å². The molecule has 10 nitrogen and oxygen atoms in total. The van der Waals surface area contributed by atoms with Crippen molar-refractivity contribution < 1.29 is 48.7 Å². The van der Waals surface area contributed by atoms with E-state index in [1.807, 2.05) is 31.2 Å². The Hall–Kier alpha value is -2.76. The number of benzene rings is 1. The molecule has 1 fully saturated rings. The molecule has 1 saturated heterocycles. The van der Waals surface area contributed by atoms with E-state index in [1.54, 1.807) is 12.2 Å². The molecule has 1 unspecified atom stereocenters.